The van der Waals surface area contributed by atoms with E-state index in [-0.39, 0.29) is 12.6 Å². The van der Waals surface area contributed by atoms with Crippen LogP contribution in [-0.2, 0) is 13.0 Å². The van der Waals surface area contributed by atoms with Crippen molar-refractivity contribution in [2.45, 2.75) is 38.0 Å². The Hall–Kier alpha value is -5.50. The van der Waals surface area contributed by atoms with Gasteiger partial charge in [0.05, 0.1) is 24.2 Å². The fourth-order valence-electron chi connectivity index (χ4n) is 8.17. The van der Waals surface area contributed by atoms with E-state index >= 15 is 0 Å². The summed E-state index contributed by atoms with van der Waals surface area (Å²) >= 11 is 0. The van der Waals surface area contributed by atoms with Gasteiger partial charge in [-0.25, -0.2) is 4.98 Å². The summed E-state index contributed by atoms with van der Waals surface area (Å²) in [4.78, 5) is 12.5. The Bertz CT molecular complexity index is 2250. The fourth-order valence-corrected chi connectivity index (χ4v) is 8.17. The van der Waals surface area contributed by atoms with Gasteiger partial charge in [-0.1, -0.05) is 73.3 Å². The van der Waals surface area contributed by atoms with Crippen LogP contribution in [0, 0.1) is 11.8 Å². The van der Waals surface area contributed by atoms with Crippen molar-refractivity contribution in [2.24, 2.45) is 11.8 Å². The maximum atomic E-state index is 12.3. The van der Waals surface area contributed by atoms with Gasteiger partial charge in [-0.3, -0.25) is 9.88 Å². The van der Waals surface area contributed by atoms with Gasteiger partial charge in [-0.15, -0.1) is 6.58 Å². The molecule has 6 aromatic rings. The molecule has 7 heteroatoms. The van der Waals surface area contributed by atoms with Gasteiger partial charge in [0.2, 0.25) is 5.88 Å². The SMILES string of the molecule is C=Cc1c(OC)ccc2nc(Cc3cc(OCc4ccccc4Oc4ccccc4)nc4ccccc34)cc([C@@H](O)[C@@H]3CC4CCN3C[C@@H]4C=C)c12. The number of para-hydroxylation sites is 3. The Morgan fingerprint density at radius 2 is 1.69 bits per heavy atom. The van der Waals surface area contributed by atoms with Crippen molar-refractivity contribution in [3.8, 4) is 23.1 Å². The molecule has 0 aliphatic carbocycles. The van der Waals surface area contributed by atoms with Gasteiger partial charge in [-0.05, 0) is 84.8 Å². The molecule has 4 aromatic carbocycles. The van der Waals surface area contributed by atoms with Crippen LogP contribution in [0.15, 0.2) is 122 Å². The highest BCUT2D eigenvalue weighted by Gasteiger charge is 2.42. The molecule has 0 spiro atoms. The fraction of sp³-hybridized carbons (Fsp3) is 0.244. The predicted octanol–water partition coefficient (Wildman–Crippen LogP) is 9.33. The Kier molecular flexibility index (Phi) is 9.46. The quantitative estimate of drug-likeness (QED) is 0.128. The van der Waals surface area contributed by atoms with Crippen molar-refractivity contribution in [1.29, 1.82) is 0 Å². The molecule has 1 N–H and O–H groups in total. The van der Waals surface area contributed by atoms with Crippen LogP contribution < -0.4 is 14.2 Å². The molecule has 3 saturated heterocycles. The third-order valence-corrected chi connectivity index (χ3v) is 10.8. The molecule has 3 aliphatic rings. The van der Waals surface area contributed by atoms with E-state index in [2.05, 4.69) is 36.3 Å². The summed E-state index contributed by atoms with van der Waals surface area (Å²) in [5, 5.41) is 14.2. The molecule has 5 heterocycles. The predicted molar refractivity (Wildman–Crippen MR) is 207 cm³/mol. The Labute approximate surface area is 304 Å². The number of nitrogens with zero attached hydrogens (tertiary/aromatic N) is 3. The van der Waals surface area contributed by atoms with Gasteiger partial charge in [-0.2, -0.15) is 0 Å². The van der Waals surface area contributed by atoms with E-state index in [0.29, 0.717) is 29.9 Å². The minimum Gasteiger partial charge on any atom is -0.496 e. The molecule has 9 rings (SSSR count). The monoisotopic (exact) mass is 689 g/mol. The highest BCUT2D eigenvalue weighted by atomic mass is 16.5. The molecule has 3 aliphatic heterocycles. The second-order valence-electron chi connectivity index (χ2n) is 13.8. The number of aliphatic hydroxyl groups is 1. The van der Waals surface area contributed by atoms with Crippen LogP contribution in [-0.4, -0.2) is 46.2 Å². The van der Waals surface area contributed by atoms with Crippen LogP contribution in [0.2, 0.25) is 0 Å². The molecule has 2 bridgehead atoms. The third-order valence-electron chi connectivity index (χ3n) is 10.8. The zero-order valence-electron chi connectivity index (χ0n) is 29.4. The number of pyridine rings is 2. The van der Waals surface area contributed by atoms with E-state index in [1.165, 1.54) is 0 Å². The maximum Gasteiger partial charge on any atom is 0.214 e. The number of piperidine rings is 3. The highest BCUT2D eigenvalue weighted by molar-refractivity contribution is 5.94. The number of ether oxygens (including phenoxy) is 3. The lowest BCUT2D eigenvalue weighted by molar-refractivity contribution is -0.0445. The average molecular weight is 690 g/mol. The number of hydrogen-bond donors (Lipinski definition) is 1. The molecule has 0 amide bonds. The summed E-state index contributed by atoms with van der Waals surface area (Å²) < 4.78 is 18.3. The summed E-state index contributed by atoms with van der Waals surface area (Å²) in [6, 6.07) is 33.8. The third kappa shape index (κ3) is 6.54. The average Bonchev–Trinajstić information content (AvgIpc) is 3.20. The first-order valence-corrected chi connectivity index (χ1v) is 18.0. The van der Waals surface area contributed by atoms with Crippen molar-refractivity contribution in [3.63, 3.8) is 0 Å². The molecule has 2 unspecified atom stereocenters. The van der Waals surface area contributed by atoms with Gasteiger partial charge >= 0.3 is 0 Å². The molecule has 262 valence electrons. The first-order chi connectivity index (χ1) is 25.5. The molecule has 0 saturated carbocycles. The zero-order chi connectivity index (χ0) is 35.6. The first kappa shape index (κ1) is 33.6. The van der Waals surface area contributed by atoms with Crippen molar-refractivity contribution < 1.29 is 19.3 Å². The van der Waals surface area contributed by atoms with Crippen molar-refractivity contribution >= 4 is 27.9 Å². The lowest BCUT2D eigenvalue weighted by Gasteiger charge is -2.50. The number of benzene rings is 4. The number of fused-ring (bicyclic) bond motifs is 5. The summed E-state index contributed by atoms with van der Waals surface area (Å²) in [6.45, 7) is 10.4. The van der Waals surface area contributed by atoms with Crippen LogP contribution in [0.5, 0.6) is 23.1 Å². The minimum absolute atomic E-state index is 0.00720. The summed E-state index contributed by atoms with van der Waals surface area (Å²) in [5.74, 6) is 3.72. The number of methoxy groups -OCH3 is 1. The molecule has 3 fully saturated rings. The van der Waals surface area contributed by atoms with Crippen LogP contribution in [0.1, 0.15) is 46.9 Å². The van der Waals surface area contributed by atoms with E-state index in [1.807, 2.05) is 97.1 Å². The molecule has 2 aromatic heterocycles. The molecule has 7 nitrogen and oxygen atoms in total. The van der Waals surface area contributed by atoms with Gasteiger partial charge < -0.3 is 19.3 Å². The molecule has 5 atom stereocenters. The van der Waals surface area contributed by atoms with Gasteiger partial charge in [0.15, 0.2) is 0 Å². The molecule has 52 heavy (non-hydrogen) atoms. The van der Waals surface area contributed by atoms with E-state index < -0.39 is 6.10 Å². The number of hydrogen-bond acceptors (Lipinski definition) is 7. The van der Waals surface area contributed by atoms with Crippen LogP contribution in [0.25, 0.3) is 27.9 Å². The lowest BCUT2D eigenvalue weighted by atomic mass is 9.73. The smallest absolute Gasteiger partial charge is 0.214 e. The standard InChI is InChI=1S/C45H43N3O4/c1-4-29-27-48-22-21-30(29)24-40(48)45(49)37-26-33(46-39-19-20-42(50-3)35(5-2)44(37)39)23-32-25-43(47-38-17-11-10-16-36(32)38)51-28-31-13-9-12-18-41(31)52-34-14-7-6-8-15-34/h4-20,25-26,29-30,40,45,49H,1-2,21-24,27-28H2,3H3/t29-,30?,40-,45+/m0/s1. The summed E-state index contributed by atoms with van der Waals surface area (Å²) in [6.07, 6.45) is 5.78. The summed E-state index contributed by atoms with van der Waals surface area (Å²) in [7, 11) is 1.66. The largest absolute Gasteiger partial charge is 0.496 e. The van der Waals surface area contributed by atoms with E-state index in [4.69, 9.17) is 24.2 Å². The summed E-state index contributed by atoms with van der Waals surface area (Å²) in [5.41, 5.74) is 6.14. The van der Waals surface area contributed by atoms with Crippen molar-refractivity contribution in [3.05, 3.63) is 150 Å². The van der Waals surface area contributed by atoms with Crippen molar-refractivity contribution in [2.75, 3.05) is 20.2 Å². The van der Waals surface area contributed by atoms with E-state index in [9.17, 15) is 5.11 Å². The molecule has 0 radical (unpaired) electrons. The Morgan fingerprint density at radius 1 is 0.885 bits per heavy atom. The van der Waals surface area contributed by atoms with Gasteiger partial charge in [0.25, 0.3) is 0 Å². The van der Waals surface area contributed by atoms with E-state index in [1.54, 1.807) is 7.11 Å². The van der Waals surface area contributed by atoms with Gasteiger partial charge in [0.1, 0.15) is 23.9 Å². The van der Waals surface area contributed by atoms with Gasteiger partial charge in [0, 0.05) is 52.7 Å². The number of rotatable bonds is 12. The maximum absolute atomic E-state index is 12.3. The molecular formula is C45H43N3O4. The highest BCUT2D eigenvalue weighted by Crippen LogP contribution is 2.44. The first-order valence-electron chi connectivity index (χ1n) is 18.0. The molecular weight excluding hydrogens is 647 g/mol. The zero-order valence-corrected chi connectivity index (χ0v) is 29.4. The Balaban J connectivity index is 1.15. The van der Waals surface area contributed by atoms with Crippen LogP contribution >= 0.6 is 0 Å². The van der Waals surface area contributed by atoms with E-state index in [0.717, 1.165) is 87.2 Å². The number of aliphatic hydroxyl groups excluding tert-OH is 1. The second-order valence-corrected chi connectivity index (χ2v) is 13.8. The normalized spacial score (nSPS) is 20.0. The number of aromatic nitrogens is 2. The lowest BCUT2D eigenvalue weighted by Crippen LogP contribution is -2.54. The topological polar surface area (TPSA) is 76.9 Å². The second kappa shape index (κ2) is 14.6. The van der Waals surface area contributed by atoms with Crippen molar-refractivity contribution in [1.82, 2.24) is 14.9 Å². The Morgan fingerprint density at radius 3 is 2.48 bits per heavy atom. The minimum atomic E-state index is -0.713. The van der Waals surface area contributed by atoms with Crippen LogP contribution in [0.4, 0.5) is 0 Å². The van der Waals surface area contributed by atoms with Crippen LogP contribution in [0.3, 0.4) is 0 Å².